The lowest BCUT2D eigenvalue weighted by atomic mass is 9.96. The predicted molar refractivity (Wildman–Crippen MR) is 84.3 cm³/mol. The summed E-state index contributed by atoms with van der Waals surface area (Å²) in [6, 6.07) is 5.74. The predicted octanol–water partition coefficient (Wildman–Crippen LogP) is 2.40. The van der Waals surface area contributed by atoms with E-state index in [1.165, 1.54) is 0 Å². The van der Waals surface area contributed by atoms with Crippen LogP contribution in [0.4, 0.5) is 5.69 Å². The fourth-order valence-electron chi connectivity index (χ4n) is 3.05. The minimum Gasteiger partial charge on any atom is -0.490 e. The minimum absolute atomic E-state index is 0.0332. The third-order valence-corrected chi connectivity index (χ3v) is 4.18. The normalized spacial score (nSPS) is 21.3. The van der Waals surface area contributed by atoms with Gasteiger partial charge in [-0.25, -0.2) is 0 Å². The van der Waals surface area contributed by atoms with Crippen molar-refractivity contribution in [1.82, 2.24) is 5.32 Å². The van der Waals surface area contributed by atoms with Crippen molar-refractivity contribution in [3.63, 3.8) is 0 Å². The first-order valence-electron chi connectivity index (χ1n) is 7.70. The lowest BCUT2D eigenvalue weighted by molar-refractivity contribution is 0.0927. The Balaban J connectivity index is 1.85. The second-order valence-corrected chi connectivity index (χ2v) is 5.63. The van der Waals surface area contributed by atoms with Gasteiger partial charge in [0.05, 0.1) is 18.3 Å². The van der Waals surface area contributed by atoms with E-state index in [4.69, 9.17) is 4.74 Å². The Hall–Kier alpha value is -1.81. The molecule has 21 heavy (non-hydrogen) atoms. The molecule has 4 heteroatoms. The number of hydrogen-bond acceptors (Lipinski definition) is 4. The van der Waals surface area contributed by atoms with E-state index in [-0.39, 0.29) is 11.8 Å². The number of Topliss-reactive ketones (excluding diaryl/α,β-unsaturated/α-hetero) is 1. The maximum Gasteiger partial charge on any atom is 0.179 e. The van der Waals surface area contributed by atoms with Gasteiger partial charge in [0.1, 0.15) is 12.4 Å². The number of carbonyl (C=O) groups excluding carboxylic acids is 1. The standard InChI is InChI=1S/C17H22N2O2/c1-2-9-19-10-11-21-16-7-6-13(12-15(16)19)17(20)14-5-3-4-8-18-14/h2,6-7,12,14,18H,1,3-5,8-11H2. The number of ketones is 1. The maximum absolute atomic E-state index is 12.6. The highest BCUT2D eigenvalue weighted by atomic mass is 16.5. The Kier molecular flexibility index (Phi) is 4.25. The van der Waals surface area contributed by atoms with E-state index >= 15 is 0 Å². The number of nitrogens with one attached hydrogen (secondary N) is 1. The second-order valence-electron chi connectivity index (χ2n) is 5.63. The van der Waals surface area contributed by atoms with Gasteiger partial charge in [-0.1, -0.05) is 12.5 Å². The fraction of sp³-hybridized carbons (Fsp3) is 0.471. The highest BCUT2D eigenvalue weighted by molar-refractivity contribution is 6.01. The van der Waals surface area contributed by atoms with Crippen molar-refractivity contribution in [2.75, 3.05) is 31.1 Å². The molecule has 1 fully saturated rings. The van der Waals surface area contributed by atoms with Gasteiger partial charge in [-0.15, -0.1) is 6.58 Å². The average molecular weight is 286 g/mol. The smallest absolute Gasteiger partial charge is 0.179 e. The quantitative estimate of drug-likeness (QED) is 0.681. The van der Waals surface area contributed by atoms with Gasteiger partial charge in [0.2, 0.25) is 0 Å². The van der Waals surface area contributed by atoms with Gasteiger partial charge >= 0.3 is 0 Å². The Bertz CT molecular complexity index is 536. The fourth-order valence-corrected chi connectivity index (χ4v) is 3.05. The number of nitrogens with zero attached hydrogens (tertiary/aromatic N) is 1. The zero-order valence-corrected chi connectivity index (χ0v) is 12.3. The van der Waals surface area contributed by atoms with Crippen molar-refractivity contribution >= 4 is 11.5 Å². The van der Waals surface area contributed by atoms with Crippen LogP contribution in [-0.4, -0.2) is 38.1 Å². The van der Waals surface area contributed by atoms with Crippen LogP contribution in [0.5, 0.6) is 5.75 Å². The molecule has 0 aromatic heterocycles. The van der Waals surface area contributed by atoms with Crippen LogP contribution in [0.25, 0.3) is 0 Å². The summed E-state index contributed by atoms with van der Waals surface area (Å²) in [5.74, 6) is 1.05. The molecule has 2 aliphatic heterocycles. The first kappa shape index (κ1) is 14.1. The lowest BCUT2D eigenvalue weighted by Gasteiger charge is -2.31. The monoisotopic (exact) mass is 286 g/mol. The second kappa shape index (κ2) is 6.31. The van der Waals surface area contributed by atoms with Crippen LogP contribution in [0.15, 0.2) is 30.9 Å². The SMILES string of the molecule is C=CCN1CCOc2ccc(C(=O)C3CCCCN3)cc21. The number of piperidine rings is 1. The molecule has 1 N–H and O–H groups in total. The van der Waals surface area contributed by atoms with E-state index in [9.17, 15) is 4.79 Å². The van der Waals surface area contributed by atoms with Gasteiger partial charge in [-0.3, -0.25) is 4.79 Å². The summed E-state index contributed by atoms with van der Waals surface area (Å²) in [5, 5.41) is 3.32. The Morgan fingerprint density at radius 1 is 1.48 bits per heavy atom. The van der Waals surface area contributed by atoms with Gasteiger partial charge in [-0.05, 0) is 37.6 Å². The minimum atomic E-state index is -0.0332. The van der Waals surface area contributed by atoms with Gasteiger partial charge in [0.15, 0.2) is 5.78 Å². The van der Waals surface area contributed by atoms with E-state index in [2.05, 4.69) is 16.8 Å². The average Bonchev–Trinajstić information content (AvgIpc) is 2.55. The maximum atomic E-state index is 12.6. The summed E-state index contributed by atoms with van der Waals surface area (Å²) in [7, 11) is 0. The molecular weight excluding hydrogens is 264 g/mol. The summed E-state index contributed by atoms with van der Waals surface area (Å²) in [6.45, 7) is 7.02. The molecular formula is C17H22N2O2. The summed E-state index contributed by atoms with van der Waals surface area (Å²) < 4.78 is 5.68. The van der Waals surface area contributed by atoms with E-state index < -0.39 is 0 Å². The third kappa shape index (κ3) is 2.95. The Labute approximate surface area is 125 Å². The van der Waals surface area contributed by atoms with E-state index in [1.807, 2.05) is 24.3 Å². The molecule has 1 unspecified atom stereocenters. The molecule has 0 spiro atoms. The molecule has 0 aliphatic carbocycles. The Morgan fingerprint density at radius 3 is 3.14 bits per heavy atom. The molecule has 1 aromatic carbocycles. The molecule has 0 saturated carbocycles. The highest BCUT2D eigenvalue weighted by Crippen LogP contribution is 2.33. The third-order valence-electron chi connectivity index (χ3n) is 4.18. The van der Waals surface area contributed by atoms with E-state index in [0.29, 0.717) is 6.61 Å². The zero-order chi connectivity index (χ0) is 14.7. The van der Waals surface area contributed by atoms with Crippen LogP contribution in [0.3, 0.4) is 0 Å². The summed E-state index contributed by atoms with van der Waals surface area (Å²) >= 11 is 0. The molecule has 4 nitrogen and oxygen atoms in total. The van der Waals surface area contributed by atoms with Crippen LogP contribution >= 0.6 is 0 Å². The topological polar surface area (TPSA) is 41.6 Å². The van der Waals surface area contributed by atoms with Crippen molar-refractivity contribution < 1.29 is 9.53 Å². The molecule has 112 valence electrons. The van der Waals surface area contributed by atoms with Crippen LogP contribution in [-0.2, 0) is 0 Å². The molecule has 0 amide bonds. The molecule has 2 heterocycles. The summed E-state index contributed by atoms with van der Waals surface area (Å²) in [5.41, 5.74) is 1.77. The van der Waals surface area contributed by atoms with Gasteiger partial charge in [0, 0.05) is 12.1 Å². The molecule has 1 aromatic rings. The number of fused-ring (bicyclic) bond motifs is 1. The first-order valence-corrected chi connectivity index (χ1v) is 7.70. The molecule has 1 atom stereocenters. The van der Waals surface area contributed by atoms with Crippen molar-refractivity contribution in [2.24, 2.45) is 0 Å². The Morgan fingerprint density at radius 2 is 2.38 bits per heavy atom. The number of benzene rings is 1. The molecule has 0 bridgehead atoms. The van der Waals surface area contributed by atoms with E-state index in [1.54, 1.807) is 0 Å². The largest absolute Gasteiger partial charge is 0.490 e. The molecule has 3 rings (SSSR count). The summed E-state index contributed by atoms with van der Waals surface area (Å²) in [6.07, 6.45) is 5.10. The van der Waals surface area contributed by atoms with Gasteiger partial charge < -0.3 is 15.0 Å². The molecule has 2 aliphatic rings. The van der Waals surface area contributed by atoms with Crippen molar-refractivity contribution in [1.29, 1.82) is 0 Å². The van der Waals surface area contributed by atoms with Crippen LogP contribution in [0, 0.1) is 0 Å². The van der Waals surface area contributed by atoms with Crippen LogP contribution in [0.2, 0.25) is 0 Å². The number of carbonyl (C=O) groups is 1. The van der Waals surface area contributed by atoms with Crippen LogP contribution in [0.1, 0.15) is 29.6 Å². The van der Waals surface area contributed by atoms with Gasteiger partial charge in [-0.2, -0.15) is 0 Å². The van der Waals surface area contributed by atoms with Crippen molar-refractivity contribution in [2.45, 2.75) is 25.3 Å². The summed E-state index contributed by atoms with van der Waals surface area (Å²) in [4.78, 5) is 14.8. The molecule has 1 saturated heterocycles. The van der Waals surface area contributed by atoms with E-state index in [0.717, 1.165) is 55.9 Å². The first-order chi connectivity index (χ1) is 10.3. The van der Waals surface area contributed by atoms with Crippen LogP contribution < -0.4 is 15.0 Å². The number of ether oxygens (including phenoxy) is 1. The van der Waals surface area contributed by atoms with Gasteiger partial charge in [0.25, 0.3) is 0 Å². The number of hydrogen-bond donors (Lipinski definition) is 1. The molecule has 0 radical (unpaired) electrons. The van der Waals surface area contributed by atoms with Crippen molar-refractivity contribution in [3.05, 3.63) is 36.4 Å². The zero-order valence-electron chi connectivity index (χ0n) is 12.3. The number of anilines is 1. The van der Waals surface area contributed by atoms with Crippen molar-refractivity contribution in [3.8, 4) is 5.75 Å². The number of rotatable bonds is 4. The lowest BCUT2D eigenvalue weighted by Crippen LogP contribution is -2.40. The highest BCUT2D eigenvalue weighted by Gasteiger charge is 2.24.